The third kappa shape index (κ3) is 5.59. The summed E-state index contributed by atoms with van der Waals surface area (Å²) in [4.78, 5) is 4.82. The van der Waals surface area contributed by atoms with Gasteiger partial charge in [-0.15, -0.1) is 0 Å². The average Bonchev–Trinajstić information content (AvgIpc) is 3.66. The fraction of sp³-hybridized carbons (Fsp3) is 0.0508. The highest BCUT2D eigenvalue weighted by molar-refractivity contribution is 6.14. The van der Waals surface area contributed by atoms with Crippen molar-refractivity contribution in [3.05, 3.63) is 236 Å². The summed E-state index contributed by atoms with van der Waals surface area (Å²) < 4.78 is 2.51. The number of para-hydroxylation sites is 3. The molecule has 0 spiro atoms. The molecular weight excluding hydrogens is 751 g/mol. The molecule has 0 bridgehead atoms. The van der Waals surface area contributed by atoms with Crippen molar-refractivity contribution >= 4 is 77.5 Å². The smallest absolute Gasteiger partial charge is 0.0583 e. The van der Waals surface area contributed by atoms with Crippen molar-refractivity contribution in [2.45, 2.75) is 19.3 Å². The Morgan fingerprint density at radius 2 is 0.887 bits per heavy atom. The molecule has 0 saturated heterocycles. The highest BCUT2D eigenvalue weighted by atomic mass is 15.2. The SMILES string of the molecule is CC1(C)c2ccccc2-n2c3ccc(-c4ccc(N(c5cccc6ccccc56)c5cccc6ccccc56)cc4)cc3c3cc(N(c4ccccc4)c4ccccc4)cc1c32. The Kier molecular flexibility index (Phi) is 8.20. The highest BCUT2D eigenvalue weighted by Gasteiger charge is 2.36. The highest BCUT2D eigenvalue weighted by Crippen LogP contribution is 2.51. The van der Waals surface area contributed by atoms with Crippen LogP contribution in [0.4, 0.5) is 34.1 Å². The van der Waals surface area contributed by atoms with Crippen molar-refractivity contribution in [1.29, 1.82) is 0 Å². The fourth-order valence-corrected chi connectivity index (χ4v) is 10.1. The summed E-state index contributed by atoms with van der Waals surface area (Å²) in [5, 5.41) is 7.36. The maximum absolute atomic E-state index is 2.51. The van der Waals surface area contributed by atoms with Gasteiger partial charge in [0.1, 0.15) is 0 Å². The molecule has 1 aliphatic heterocycles. The van der Waals surface area contributed by atoms with E-state index in [0.29, 0.717) is 0 Å². The lowest BCUT2D eigenvalue weighted by Gasteiger charge is -2.36. The second-order valence-corrected chi connectivity index (χ2v) is 17.0. The van der Waals surface area contributed by atoms with Gasteiger partial charge in [0.25, 0.3) is 0 Å². The van der Waals surface area contributed by atoms with Crippen molar-refractivity contribution in [3.63, 3.8) is 0 Å². The fourth-order valence-electron chi connectivity index (χ4n) is 10.1. The number of fused-ring (bicyclic) bond motifs is 7. The van der Waals surface area contributed by atoms with E-state index in [1.807, 2.05) is 0 Å². The molecular formula is C59H43N3. The minimum atomic E-state index is -0.229. The number of benzene rings is 10. The summed E-state index contributed by atoms with van der Waals surface area (Å²) in [5.41, 5.74) is 15.4. The Bertz CT molecular complexity index is 3360. The van der Waals surface area contributed by atoms with E-state index in [1.165, 1.54) is 71.3 Å². The van der Waals surface area contributed by atoms with E-state index >= 15 is 0 Å². The van der Waals surface area contributed by atoms with E-state index in [-0.39, 0.29) is 5.41 Å². The second-order valence-electron chi connectivity index (χ2n) is 17.0. The van der Waals surface area contributed by atoms with Gasteiger partial charge in [-0.25, -0.2) is 0 Å². The van der Waals surface area contributed by atoms with Crippen LogP contribution in [0.5, 0.6) is 0 Å². The molecule has 11 aromatic rings. The van der Waals surface area contributed by atoms with Gasteiger partial charge in [-0.2, -0.15) is 0 Å². The lowest BCUT2D eigenvalue weighted by molar-refractivity contribution is 0.630. The Morgan fingerprint density at radius 1 is 0.355 bits per heavy atom. The Morgan fingerprint density at radius 3 is 1.53 bits per heavy atom. The average molecular weight is 794 g/mol. The molecule has 0 aliphatic carbocycles. The van der Waals surface area contributed by atoms with Gasteiger partial charge in [-0.1, -0.05) is 159 Å². The molecule has 0 atom stereocenters. The lowest BCUT2D eigenvalue weighted by Crippen LogP contribution is -2.26. The van der Waals surface area contributed by atoms with Gasteiger partial charge >= 0.3 is 0 Å². The van der Waals surface area contributed by atoms with Crippen LogP contribution in [0.15, 0.2) is 224 Å². The predicted molar refractivity (Wildman–Crippen MR) is 263 cm³/mol. The largest absolute Gasteiger partial charge is 0.310 e. The molecule has 62 heavy (non-hydrogen) atoms. The van der Waals surface area contributed by atoms with E-state index in [4.69, 9.17) is 0 Å². The van der Waals surface area contributed by atoms with Crippen LogP contribution < -0.4 is 9.80 Å². The molecule has 0 amide bonds. The van der Waals surface area contributed by atoms with Crippen LogP contribution in [-0.4, -0.2) is 4.57 Å². The zero-order valence-corrected chi connectivity index (χ0v) is 34.7. The van der Waals surface area contributed by atoms with Gasteiger partial charge in [0.05, 0.1) is 28.1 Å². The first-order valence-electron chi connectivity index (χ1n) is 21.5. The zero-order chi connectivity index (χ0) is 41.4. The Balaban J connectivity index is 1.05. The molecule has 0 radical (unpaired) electrons. The second kappa shape index (κ2) is 14.1. The molecule has 0 N–H and O–H groups in total. The Labute approximate surface area is 362 Å². The topological polar surface area (TPSA) is 11.4 Å². The molecule has 0 unspecified atom stereocenters. The quantitative estimate of drug-likeness (QED) is 0.159. The zero-order valence-electron chi connectivity index (χ0n) is 34.7. The van der Waals surface area contributed by atoms with Crippen LogP contribution >= 0.6 is 0 Å². The monoisotopic (exact) mass is 793 g/mol. The summed E-state index contributed by atoms with van der Waals surface area (Å²) in [5.74, 6) is 0. The molecule has 1 aromatic heterocycles. The molecule has 0 saturated carbocycles. The van der Waals surface area contributed by atoms with Crippen molar-refractivity contribution in [2.24, 2.45) is 0 Å². The van der Waals surface area contributed by atoms with Crippen LogP contribution in [0.2, 0.25) is 0 Å². The standard InChI is InChI=1S/C59H43N3/c1-59(2)52-27-13-14-28-57(52)62-56-36-33-43(37-50(56)51-38-47(39-53(59)58(51)62)60(44-21-5-3-6-22-44)45-23-7-4-8-24-45)40-31-34-46(35-32-40)61(54-29-15-19-41-17-9-11-25-48(41)54)55-30-16-20-42-18-10-12-26-49(42)55/h3-39H,1-2H3. The summed E-state index contributed by atoms with van der Waals surface area (Å²) in [6, 6.07) is 82.1. The summed E-state index contributed by atoms with van der Waals surface area (Å²) in [7, 11) is 0. The molecule has 3 nitrogen and oxygen atoms in total. The maximum Gasteiger partial charge on any atom is 0.0583 e. The van der Waals surface area contributed by atoms with Crippen LogP contribution in [0.3, 0.4) is 0 Å². The van der Waals surface area contributed by atoms with E-state index in [9.17, 15) is 0 Å². The van der Waals surface area contributed by atoms with Crippen molar-refractivity contribution in [3.8, 4) is 16.8 Å². The molecule has 0 fully saturated rings. The van der Waals surface area contributed by atoms with Crippen molar-refractivity contribution < 1.29 is 0 Å². The minimum absolute atomic E-state index is 0.229. The minimum Gasteiger partial charge on any atom is -0.310 e. The van der Waals surface area contributed by atoms with Gasteiger partial charge < -0.3 is 14.4 Å². The van der Waals surface area contributed by atoms with Gasteiger partial charge in [0.15, 0.2) is 0 Å². The summed E-state index contributed by atoms with van der Waals surface area (Å²) in [6.45, 7) is 4.77. The first-order chi connectivity index (χ1) is 30.5. The number of aromatic nitrogens is 1. The lowest BCUT2D eigenvalue weighted by atomic mass is 9.74. The van der Waals surface area contributed by atoms with Gasteiger partial charge in [-0.05, 0) is 112 Å². The molecule has 2 heterocycles. The van der Waals surface area contributed by atoms with Crippen LogP contribution in [0, 0.1) is 0 Å². The summed E-state index contributed by atoms with van der Waals surface area (Å²) >= 11 is 0. The third-order valence-electron chi connectivity index (χ3n) is 13.1. The summed E-state index contributed by atoms with van der Waals surface area (Å²) in [6.07, 6.45) is 0. The van der Waals surface area contributed by atoms with E-state index < -0.39 is 0 Å². The van der Waals surface area contributed by atoms with Crippen molar-refractivity contribution in [1.82, 2.24) is 4.57 Å². The molecule has 294 valence electrons. The third-order valence-corrected chi connectivity index (χ3v) is 13.1. The van der Waals surface area contributed by atoms with E-state index in [1.54, 1.807) is 0 Å². The van der Waals surface area contributed by atoms with Crippen molar-refractivity contribution in [2.75, 3.05) is 9.80 Å². The van der Waals surface area contributed by atoms with Crippen LogP contribution in [-0.2, 0) is 5.41 Å². The molecule has 10 aromatic carbocycles. The number of nitrogens with zero attached hydrogens (tertiary/aromatic N) is 3. The number of hydrogen-bond acceptors (Lipinski definition) is 2. The Hall–Kier alpha value is -7.88. The number of anilines is 6. The molecule has 1 aliphatic rings. The van der Waals surface area contributed by atoms with Gasteiger partial charge in [0, 0.05) is 49.7 Å². The maximum atomic E-state index is 2.51. The molecule has 12 rings (SSSR count). The van der Waals surface area contributed by atoms with E-state index in [0.717, 1.165) is 34.1 Å². The van der Waals surface area contributed by atoms with Gasteiger partial charge in [0.2, 0.25) is 0 Å². The van der Waals surface area contributed by atoms with Gasteiger partial charge in [-0.3, -0.25) is 0 Å². The van der Waals surface area contributed by atoms with Crippen LogP contribution in [0.1, 0.15) is 25.0 Å². The van der Waals surface area contributed by atoms with E-state index in [2.05, 4.69) is 253 Å². The first-order valence-corrected chi connectivity index (χ1v) is 21.5. The first kappa shape index (κ1) is 36.0. The molecule has 3 heteroatoms. The predicted octanol–water partition coefficient (Wildman–Crippen LogP) is 16.3. The number of hydrogen-bond donors (Lipinski definition) is 0. The number of rotatable bonds is 7. The van der Waals surface area contributed by atoms with Crippen LogP contribution in [0.25, 0.3) is 60.2 Å². The normalized spacial score (nSPS) is 12.8.